The van der Waals surface area contributed by atoms with Gasteiger partial charge in [0.15, 0.2) is 0 Å². The maximum Gasteiger partial charge on any atom is 0.335 e. The number of anilines is 1. The van der Waals surface area contributed by atoms with E-state index < -0.39 is 5.97 Å². The number of hydrogen-bond donors (Lipinski definition) is 3. The van der Waals surface area contributed by atoms with Crippen molar-refractivity contribution in [2.45, 2.75) is 0 Å². The topological polar surface area (TPSA) is 104 Å². The lowest BCUT2D eigenvalue weighted by atomic mass is 10.1. The number of halogens is 1. The summed E-state index contributed by atoms with van der Waals surface area (Å²) >= 11 is 3.35. The average molecular weight is 442 g/mol. The Morgan fingerprint density at radius 3 is 2.64 bits per heavy atom. The number of hydrogen-bond acceptors (Lipinski definition) is 5. The maximum atomic E-state index is 11.8. The molecule has 0 spiro atoms. The molecule has 0 unspecified atom stereocenters. The molecule has 8 heteroatoms. The highest BCUT2D eigenvalue weighted by Crippen LogP contribution is 2.22. The lowest BCUT2D eigenvalue weighted by Gasteiger charge is -2.04. The summed E-state index contributed by atoms with van der Waals surface area (Å²) in [4.78, 5) is 22.9. The molecule has 0 saturated heterocycles. The van der Waals surface area contributed by atoms with Crippen LogP contribution in [0, 0.1) is 0 Å². The van der Waals surface area contributed by atoms with Gasteiger partial charge in [-0.2, -0.15) is 5.10 Å². The summed E-state index contributed by atoms with van der Waals surface area (Å²) in [7, 11) is 0. The number of benzene rings is 2. The molecule has 142 valence electrons. The summed E-state index contributed by atoms with van der Waals surface area (Å²) in [5.74, 6) is -0.376. The molecule has 0 radical (unpaired) electrons. The fraction of sp³-hybridized carbons (Fsp3) is 0.0500. The molecular formula is C20H16BrN3O4. The summed E-state index contributed by atoms with van der Waals surface area (Å²) in [6.45, 7) is 0.0738. The molecule has 0 aliphatic rings. The maximum absolute atomic E-state index is 11.8. The largest absolute Gasteiger partial charge is 0.478 e. The number of hydrazone groups is 1. The molecule has 7 nitrogen and oxygen atoms in total. The van der Waals surface area contributed by atoms with Crippen molar-refractivity contribution in [3.05, 3.63) is 76.5 Å². The Bertz CT molecular complexity index is 1010. The van der Waals surface area contributed by atoms with E-state index in [0.29, 0.717) is 17.1 Å². The fourth-order valence-electron chi connectivity index (χ4n) is 2.34. The number of amides is 1. The van der Waals surface area contributed by atoms with Gasteiger partial charge in [-0.3, -0.25) is 4.79 Å². The van der Waals surface area contributed by atoms with Crippen LogP contribution in [0.15, 0.2) is 74.7 Å². The van der Waals surface area contributed by atoms with Crippen molar-refractivity contribution in [1.29, 1.82) is 0 Å². The minimum atomic E-state index is -1.00. The number of furan rings is 1. The molecule has 1 aromatic heterocycles. The van der Waals surface area contributed by atoms with Gasteiger partial charge in [0.1, 0.15) is 11.5 Å². The van der Waals surface area contributed by atoms with Crippen LogP contribution in [0.4, 0.5) is 5.69 Å². The Hall–Kier alpha value is -3.39. The van der Waals surface area contributed by atoms with Crippen LogP contribution in [0.3, 0.4) is 0 Å². The summed E-state index contributed by atoms with van der Waals surface area (Å²) in [5, 5.41) is 15.9. The van der Waals surface area contributed by atoms with Gasteiger partial charge < -0.3 is 14.8 Å². The molecular weight excluding hydrogens is 426 g/mol. The van der Waals surface area contributed by atoms with Crippen LogP contribution in [-0.4, -0.2) is 29.7 Å². The minimum absolute atomic E-state index is 0.0738. The summed E-state index contributed by atoms with van der Waals surface area (Å²) in [6, 6.07) is 17.3. The summed E-state index contributed by atoms with van der Waals surface area (Å²) in [6.07, 6.45) is 1.38. The molecule has 28 heavy (non-hydrogen) atoms. The second-order valence-electron chi connectivity index (χ2n) is 5.74. The van der Waals surface area contributed by atoms with E-state index in [-0.39, 0.29) is 18.0 Å². The van der Waals surface area contributed by atoms with Crippen molar-refractivity contribution in [2.75, 3.05) is 11.9 Å². The van der Waals surface area contributed by atoms with Gasteiger partial charge in [0.05, 0.1) is 18.3 Å². The Morgan fingerprint density at radius 2 is 1.89 bits per heavy atom. The fourth-order valence-corrected chi connectivity index (χ4v) is 2.60. The van der Waals surface area contributed by atoms with E-state index in [0.717, 1.165) is 10.2 Å². The van der Waals surface area contributed by atoms with E-state index in [2.05, 4.69) is 31.8 Å². The molecule has 0 aliphatic heterocycles. The first kappa shape index (κ1) is 19.4. The minimum Gasteiger partial charge on any atom is -0.478 e. The van der Waals surface area contributed by atoms with Crippen LogP contribution in [-0.2, 0) is 4.79 Å². The van der Waals surface area contributed by atoms with Crippen LogP contribution in [0.2, 0.25) is 0 Å². The smallest absolute Gasteiger partial charge is 0.335 e. The molecule has 0 saturated carbocycles. The molecule has 3 N–H and O–H groups in total. The van der Waals surface area contributed by atoms with E-state index in [1.165, 1.54) is 18.3 Å². The van der Waals surface area contributed by atoms with Crippen LogP contribution in [0.1, 0.15) is 16.1 Å². The Morgan fingerprint density at radius 1 is 1.11 bits per heavy atom. The molecule has 1 amide bonds. The van der Waals surface area contributed by atoms with Crippen LogP contribution >= 0.6 is 15.9 Å². The number of carbonyl (C=O) groups is 2. The normalized spacial score (nSPS) is 10.8. The molecule has 1 heterocycles. The zero-order chi connectivity index (χ0) is 19.9. The van der Waals surface area contributed by atoms with E-state index in [1.54, 1.807) is 24.3 Å². The number of rotatable bonds is 7. The second-order valence-corrected chi connectivity index (χ2v) is 6.66. The van der Waals surface area contributed by atoms with Gasteiger partial charge in [-0.1, -0.05) is 28.1 Å². The molecule has 2 aromatic carbocycles. The molecule has 3 rings (SSSR count). The monoisotopic (exact) mass is 441 g/mol. The number of nitrogens with zero attached hydrogens (tertiary/aromatic N) is 1. The number of nitrogens with one attached hydrogen (secondary N) is 2. The van der Waals surface area contributed by atoms with Gasteiger partial charge in [-0.15, -0.1) is 0 Å². The predicted octanol–water partition coefficient (Wildman–Crippen LogP) is 3.97. The third-order valence-electron chi connectivity index (χ3n) is 3.70. The van der Waals surface area contributed by atoms with Crippen molar-refractivity contribution in [1.82, 2.24) is 5.43 Å². The Balaban J connectivity index is 1.53. The summed E-state index contributed by atoms with van der Waals surface area (Å²) in [5.41, 5.74) is 4.04. The van der Waals surface area contributed by atoms with Crippen LogP contribution < -0.4 is 10.7 Å². The molecule has 0 fully saturated rings. The predicted molar refractivity (Wildman–Crippen MR) is 109 cm³/mol. The van der Waals surface area contributed by atoms with Gasteiger partial charge in [-0.05, 0) is 48.5 Å². The van der Waals surface area contributed by atoms with Crippen molar-refractivity contribution < 1.29 is 19.1 Å². The number of carboxylic acids is 1. The van der Waals surface area contributed by atoms with E-state index in [1.807, 2.05) is 24.3 Å². The zero-order valence-corrected chi connectivity index (χ0v) is 16.1. The first-order chi connectivity index (χ1) is 13.5. The van der Waals surface area contributed by atoms with Crippen molar-refractivity contribution >= 4 is 39.7 Å². The first-order valence-electron chi connectivity index (χ1n) is 8.26. The average Bonchev–Trinajstić information content (AvgIpc) is 3.16. The third-order valence-corrected chi connectivity index (χ3v) is 4.23. The van der Waals surface area contributed by atoms with Gasteiger partial charge in [0.2, 0.25) is 0 Å². The zero-order valence-electron chi connectivity index (χ0n) is 14.6. The highest BCUT2D eigenvalue weighted by atomic mass is 79.9. The van der Waals surface area contributed by atoms with Gasteiger partial charge in [0.25, 0.3) is 5.91 Å². The van der Waals surface area contributed by atoms with Crippen molar-refractivity contribution in [2.24, 2.45) is 5.10 Å². The van der Waals surface area contributed by atoms with Gasteiger partial charge >= 0.3 is 5.97 Å². The standard InChI is InChI=1S/C20H16BrN3O4/c21-15-4-6-16(7-5-15)22-12-19(25)24-23-11-17-8-9-18(28-17)13-2-1-3-14(10-13)20(26)27/h1-11,22H,12H2,(H,24,25)(H,26,27)/b23-11-. The third kappa shape index (κ3) is 5.31. The molecule has 0 atom stereocenters. The lowest BCUT2D eigenvalue weighted by Crippen LogP contribution is -2.25. The highest BCUT2D eigenvalue weighted by molar-refractivity contribution is 9.10. The molecule has 3 aromatic rings. The molecule has 0 aliphatic carbocycles. The van der Waals surface area contributed by atoms with Crippen LogP contribution in [0.5, 0.6) is 0 Å². The quantitative estimate of drug-likeness (QED) is 0.380. The molecule has 0 bridgehead atoms. The summed E-state index contributed by atoms with van der Waals surface area (Å²) < 4.78 is 6.57. The van der Waals surface area contributed by atoms with E-state index in [4.69, 9.17) is 9.52 Å². The van der Waals surface area contributed by atoms with Gasteiger partial charge in [0, 0.05) is 15.7 Å². The Kier molecular flexibility index (Phi) is 6.23. The number of carboxylic acid groups (broad SMARTS) is 1. The van der Waals surface area contributed by atoms with Gasteiger partial charge in [-0.25, -0.2) is 10.2 Å². The lowest BCUT2D eigenvalue weighted by molar-refractivity contribution is -0.119. The Labute approximate surface area is 169 Å². The second kappa shape index (κ2) is 9.01. The van der Waals surface area contributed by atoms with Crippen molar-refractivity contribution in [3.63, 3.8) is 0 Å². The van der Waals surface area contributed by atoms with E-state index >= 15 is 0 Å². The SMILES string of the molecule is O=C(CNc1ccc(Br)cc1)N/N=C\c1ccc(-c2cccc(C(=O)O)c2)o1. The number of aromatic carboxylic acids is 1. The van der Waals surface area contributed by atoms with Crippen LogP contribution in [0.25, 0.3) is 11.3 Å². The van der Waals surface area contributed by atoms with Crippen molar-refractivity contribution in [3.8, 4) is 11.3 Å². The highest BCUT2D eigenvalue weighted by Gasteiger charge is 2.08. The number of carbonyl (C=O) groups excluding carboxylic acids is 1. The first-order valence-corrected chi connectivity index (χ1v) is 9.05. The van der Waals surface area contributed by atoms with E-state index in [9.17, 15) is 9.59 Å².